The Hall–Kier alpha value is -0.570. The zero-order chi connectivity index (χ0) is 5.98. The largest absolute Gasteiger partial charge is 0.395 e. The topological polar surface area (TPSA) is 40.5 Å². The van der Waals surface area contributed by atoms with E-state index in [2.05, 4.69) is 0 Å². The van der Waals surface area contributed by atoms with Gasteiger partial charge in [0.2, 0.25) is 5.91 Å². The van der Waals surface area contributed by atoms with E-state index in [0.717, 1.165) is 6.54 Å². The molecule has 0 bridgehead atoms. The number of aliphatic hydroxyl groups is 1. The Morgan fingerprint density at radius 3 is 2.62 bits per heavy atom. The molecule has 3 nitrogen and oxygen atoms in total. The molecular weight excluding hydrogens is 106 g/mol. The van der Waals surface area contributed by atoms with E-state index < -0.39 is 0 Å². The van der Waals surface area contributed by atoms with Crippen LogP contribution in [0.2, 0.25) is 0 Å². The third kappa shape index (κ3) is 0.816. The highest BCUT2D eigenvalue weighted by Crippen LogP contribution is 2.05. The second kappa shape index (κ2) is 2.13. The molecule has 0 atom stereocenters. The first-order valence-corrected chi connectivity index (χ1v) is 2.73. The first kappa shape index (κ1) is 5.56. The highest BCUT2D eigenvalue weighted by Gasteiger charge is 2.21. The maximum Gasteiger partial charge on any atom is 0.224 e. The summed E-state index contributed by atoms with van der Waals surface area (Å²) < 4.78 is 0. The lowest BCUT2D eigenvalue weighted by atomic mass is 10.2. The summed E-state index contributed by atoms with van der Waals surface area (Å²) in [4.78, 5) is 12.1. The molecule has 0 aromatic rings. The van der Waals surface area contributed by atoms with Gasteiger partial charge in [0.1, 0.15) is 0 Å². The molecule has 0 unspecified atom stereocenters. The molecule has 3 heteroatoms. The van der Waals surface area contributed by atoms with Gasteiger partial charge in [-0.05, 0) is 0 Å². The van der Waals surface area contributed by atoms with Crippen LogP contribution in [-0.4, -0.2) is 35.6 Å². The Kier molecular flexibility index (Phi) is 1.48. The van der Waals surface area contributed by atoms with Crippen molar-refractivity contribution in [2.75, 3.05) is 19.7 Å². The molecule has 46 valence electrons. The molecular formula is C5H9NO2. The van der Waals surface area contributed by atoms with Gasteiger partial charge >= 0.3 is 0 Å². The van der Waals surface area contributed by atoms with Crippen molar-refractivity contribution in [2.24, 2.45) is 0 Å². The molecule has 0 saturated carbocycles. The molecule has 1 aliphatic heterocycles. The summed E-state index contributed by atoms with van der Waals surface area (Å²) in [5, 5.41) is 8.33. The van der Waals surface area contributed by atoms with Crippen LogP contribution < -0.4 is 0 Å². The smallest absolute Gasteiger partial charge is 0.224 e. The predicted octanol–water partition coefficient (Wildman–Crippen LogP) is -0.789. The summed E-state index contributed by atoms with van der Waals surface area (Å²) in [6.07, 6.45) is 0.667. The van der Waals surface area contributed by atoms with Gasteiger partial charge in [-0.2, -0.15) is 0 Å². The van der Waals surface area contributed by atoms with Crippen LogP contribution in [-0.2, 0) is 4.79 Å². The Bertz CT molecular complexity index is 103. The summed E-state index contributed by atoms with van der Waals surface area (Å²) in [5.74, 6) is 0.166. The average Bonchev–Trinajstić information content (AvgIpc) is 1.79. The van der Waals surface area contributed by atoms with Crippen molar-refractivity contribution in [2.45, 2.75) is 6.42 Å². The lowest BCUT2D eigenvalue weighted by Gasteiger charge is -2.29. The summed E-state index contributed by atoms with van der Waals surface area (Å²) in [6, 6.07) is 0. The van der Waals surface area contributed by atoms with Crippen LogP contribution in [0.25, 0.3) is 0 Å². The third-order valence-electron chi connectivity index (χ3n) is 1.32. The van der Waals surface area contributed by atoms with Crippen molar-refractivity contribution < 1.29 is 9.90 Å². The summed E-state index contributed by atoms with van der Waals surface area (Å²) >= 11 is 0. The average molecular weight is 115 g/mol. The number of hydrogen-bond acceptors (Lipinski definition) is 2. The fraction of sp³-hybridized carbons (Fsp3) is 0.800. The number of β-lactam (4-membered cyclic amide) rings is 1. The second-order valence-corrected chi connectivity index (χ2v) is 1.85. The van der Waals surface area contributed by atoms with Crippen molar-refractivity contribution in [3.05, 3.63) is 0 Å². The first-order valence-electron chi connectivity index (χ1n) is 2.73. The normalized spacial score (nSPS) is 18.6. The van der Waals surface area contributed by atoms with E-state index in [9.17, 15) is 4.79 Å². The van der Waals surface area contributed by atoms with E-state index in [1.54, 1.807) is 4.90 Å². The number of rotatable bonds is 2. The molecule has 1 saturated heterocycles. The van der Waals surface area contributed by atoms with Gasteiger partial charge in [-0.25, -0.2) is 0 Å². The molecule has 1 fully saturated rings. The standard InChI is InChI=1S/C5H9NO2/c7-4-3-6-2-1-5(6)8/h7H,1-4H2. The van der Waals surface area contributed by atoms with Gasteiger partial charge in [0, 0.05) is 19.5 Å². The molecule has 1 amide bonds. The fourth-order valence-electron chi connectivity index (χ4n) is 0.718. The molecule has 0 aromatic carbocycles. The van der Waals surface area contributed by atoms with Crippen molar-refractivity contribution in [3.8, 4) is 0 Å². The molecule has 1 rings (SSSR count). The Balaban J connectivity index is 2.17. The van der Waals surface area contributed by atoms with Crippen molar-refractivity contribution in [3.63, 3.8) is 0 Å². The van der Waals surface area contributed by atoms with Crippen LogP contribution in [0.15, 0.2) is 0 Å². The molecule has 0 aromatic heterocycles. The monoisotopic (exact) mass is 115 g/mol. The third-order valence-corrected chi connectivity index (χ3v) is 1.32. The summed E-state index contributed by atoms with van der Waals surface area (Å²) in [6.45, 7) is 1.43. The van der Waals surface area contributed by atoms with Gasteiger partial charge in [0.25, 0.3) is 0 Å². The first-order chi connectivity index (χ1) is 3.84. The van der Waals surface area contributed by atoms with Crippen LogP contribution in [0.4, 0.5) is 0 Å². The van der Waals surface area contributed by atoms with E-state index in [1.807, 2.05) is 0 Å². The van der Waals surface area contributed by atoms with Crippen molar-refractivity contribution >= 4 is 5.91 Å². The van der Waals surface area contributed by atoms with Gasteiger partial charge in [0.15, 0.2) is 0 Å². The molecule has 1 N–H and O–H groups in total. The zero-order valence-corrected chi connectivity index (χ0v) is 4.63. The highest BCUT2D eigenvalue weighted by molar-refractivity contribution is 5.81. The molecule has 0 aliphatic carbocycles. The highest BCUT2D eigenvalue weighted by atomic mass is 16.3. The van der Waals surface area contributed by atoms with E-state index in [0.29, 0.717) is 13.0 Å². The van der Waals surface area contributed by atoms with Crippen LogP contribution >= 0.6 is 0 Å². The number of carbonyl (C=O) groups excluding carboxylic acids is 1. The molecule has 8 heavy (non-hydrogen) atoms. The number of amides is 1. The molecule has 0 radical (unpaired) electrons. The van der Waals surface area contributed by atoms with Crippen LogP contribution in [0.3, 0.4) is 0 Å². The maximum absolute atomic E-state index is 10.4. The van der Waals surface area contributed by atoms with E-state index in [4.69, 9.17) is 5.11 Å². The summed E-state index contributed by atoms with van der Waals surface area (Å²) in [5.41, 5.74) is 0. The Labute approximate surface area is 47.9 Å². The lowest BCUT2D eigenvalue weighted by molar-refractivity contribution is -0.140. The Morgan fingerprint density at radius 1 is 1.75 bits per heavy atom. The van der Waals surface area contributed by atoms with Gasteiger partial charge in [0.05, 0.1) is 6.61 Å². The zero-order valence-electron chi connectivity index (χ0n) is 4.63. The van der Waals surface area contributed by atoms with E-state index in [1.165, 1.54) is 0 Å². The molecule has 1 aliphatic rings. The quantitative estimate of drug-likeness (QED) is 0.479. The maximum atomic E-state index is 10.4. The van der Waals surface area contributed by atoms with Gasteiger partial charge in [-0.3, -0.25) is 4.79 Å². The minimum absolute atomic E-state index is 0.0890. The van der Waals surface area contributed by atoms with Crippen molar-refractivity contribution in [1.82, 2.24) is 4.90 Å². The minimum Gasteiger partial charge on any atom is -0.395 e. The lowest BCUT2D eigenvalue weighted by Crippen LogP contribution is -2.44. The van der Waals surface area contributed by atoms with E-state index >= 15 is 0 Å². The number of aliphatic hydroxyl groups excluding tert-OH is 1. The number of nitrogens with zero attached hydrogens (tertiary/aromatic N) is 1. The minimum atomic E-state index is 0.0890. The number of likely N-dealkylation sites (tertiary alicyclic amines) is 1. The van der Waals surface area contributed by atoms with Gasteiger partial charge in [-0.1, -0.05) is 0 Å². The fourth-order valence-corrected chi connectivity index (χ4v) is 0.718. The van der Waals surface area contributed by atoms with Gasteiger partial charge < -0.3 is 10.0 Å². The number of hydrogen-bond donors (Lipinski definition) is 1. The molecule has 0 spiro atoms. The molecule has 1 heterocycles. The van der Waals surface area contributed by atoms with Crippen LogP contribution in [0, 0.1) is 0 Å². The number of β-amino-alcohol motifs (C(OH)–C–C–N with tert-alkyl or cyclic N) is 1. The van der Waals surface area contributed by atoms with Crippen LogP contribution in [0.5, 0.6) is 0 Å². The van der Waals surface area contributed by atoms with E-state index in [-0.39, 0.29) is 12.5 Å². The number of carbonyl (C=O) groups is 1. The predicted molar refractivity (Wildman–Crippen MR) is 28.3 cm³/mol. The van der Waals surface area contributed by atoms with Gasteiger partial charge in [-0.15, -0.1) is 0 Å². The second-order valence-electron chi connectivity index (χ2n) is 1.85. The Morgan fingerprint density at radius 2 is 2.50 bits per heavy atom. The van der Waals surface area contributed by atoms with Crippen molar-refractivity contribution in [1.29, 1.82) is 0 Å². The SMILES string of the molecule is O=C1CCN1CCO. The van der Waals surface area contributed by atoms with Crippen LogP contribution in [0.1, 0.15) is 6.42 Å². The summed E-state index contributed by atoms with van der Waals surface area (Å²) in [7, 11) is 0.